The molecule has 1 amide bonds. The van der Waals surface area contributed by atoms with E-state index in [1.54, 1.807) is 13.0 Å². The molecule has 1 aromatic carbocycles. The summed E-state index contributed by atoms with van der Waals surface area (Å²) >= 11 is 3.01. The smallest absolute Gasteiger partial charge is 0.301 e. The molecule has 2 rings (SSSR count). The number of hydrogen-bond acceptors (Lipinski definition) is 4. The fourth-order valence-electron chi connectivity index (χ4n) is 1.72. The third-order valence-electron chi connectivity index (χ3n) is 2.63. The molecule has 0 spiro atoms. The van der Waals surface area contributed by atoms with Crippen LogP contribution >= 0.6 is 15.9 Å². The summed E-state index contributed by atoms with van der Waals surface area (Å²) in [6, 6.07) is 3.36. The molecule has 2 aromatic rings. The first-order valence-electron chi connectivity index (χ1n) is 5.80. The van der Waals surface area contributed by atoms with Crippen LogP contribution in [0.4, 0.5) is 8.78 Å². The van der Waals surface area contributed by atoms with E-state index >= 15 is 0 Å². The highest BCUT2D eigenvalue weighted by molar-refractivity contribution is 9.10. The van der Waals surface area contributed by atoms with Crippen LogP contribution in [0.3, 0.4) is 0 Å². The fourth-order valence-corrected chi connectivity index (χ4v) is 2.24. The third kappa shape index (κ3) is 3.40. The van der Waals surface area contributed by atoms with E-state index in [9.17, 15) is 13.6 Å². The first-order chi connectivity index (χ1) is 9.92. The lowest BCUT2D eigenvalue weighted by atomic mass is 10.2. The van der Waals surface area contributed by atoms with Gasteiger partial charge in [0.2, 0.25) is 0 Å². The van der Waals surface area contributed by atoms with Gasteiger partial charge in [-0.2, -0.15) is 0 Å². The molecule has 21 heavy (non-hydrogen) atoms. The molecule has 0 bridgehead atoms. The number of nitrogens with two attached hydrogens (primary N) is 1. The van der Waals surface area contributed by atoms with Crippen LogP contribution in [-0.4, -0.2) is 5.91 Å². The maximum Gasteiger partial charge on any atom is 0.301 e. The van der Waals surface area contributed by atoms with Crippen LogP contribution in [0.25, 0.3) is 0 Å². The number of benzene rings is 1. The van der Waals surface area contributed by atoms with E-state index in [1.807, 2.05) is 5.43 Å². The molecule has 0 saturated carbocycles. The molecule has 0 fully saturated rings. The SMILES string of the molecule is Cc1cc(COc2c(F)cc(F)cc2Br)oc1C(=O)NN. The maximum absolute atomic E-state index is 13.6. The third-order valence-corrected chi connectivity index (χ3v) is 3.22. The van der Waals surface area contributed by atoms with Crippen molar-refractivity contribution in [1.29, 1.82) is 0 Å². The van der Waals surface area contributed by atoms with Crippen molar-refractivity contribution >= 4 is 21.8 Å². The van der Waals surface area contributed by atoms with E-state index in [0.29, 0.717) is 17.4 Å². The number of hydrazine groups is 1. The summed E-state index contributed by atoms with van der Waals surface area (Å²) in [5.74, 6) is 3.10. The summed E-state index contributed by atoms with van der Waals surface area (Å²) in [6.07, 6.45) is 0. The molecule has 1 aromatic heterocycles. The van der Waals surface area contributed by atoms with Crippen LogP contribution in [0.2, 0.25) is 0 Å². The number of ether oxygens (including phenoxy) is 1. The van der Waals surface area contributed by atoms with Gasteiger partial charge in [-0.1, -0.05) is 0 Å². The van der Waals surface area contributed by atoms with Gasteiger partial charge in [0.15, 0.2) is 17.3 Å². The van der Waals surface area contributed by atoms with E-state index in [2.05, 4.69) is 15.9 Å². The summed E-state index contributed by atoms with van der Waals surface area (Å²) in [5, 5.41) is 0. The molecule has 112 valence electrons. The van der Waals surface area contributed by atoms with Crippen LogP contribution in [0, 0.1) is 18.6 Å². The predicted molar refractivity (Wildman–Crippen MR) is 73.5 cm³/mol. The lowest BCUT2D eigenvalue weighted by Gasteiger charge is -2.07. The Morgan fingerprint density at radius 1 is 1.43 bits per heavy atom. The number of hydrogen-bond donors (Lipinski definition) is 2. The van der Waals surface area contributed by atoms with E-state index < -0.39 is 17.5 Å². The number of nitrogen functional groups attached to an aromatic ring is 1. The molecule has 0 aliphatic heterocycles. The van der Waals surface area contributed by atoms with Gasteiger partial charge >= 0.3 is 5.91 Å². The highest BCUT2D eigenvalue weighted by atomic mass is 79.9. The molecule has 0 saturated heterocycles. The van der Waals surface area contributed by atoms with Crippen molar-refractivity contribution in [2.24, 2.45) is 5.84 Å². The van der Waals surface area contributed by atoms with Gasteiger partial charge in [0, 0.05) is 11.6 Å². The Kier molecular flexibility index (Phi) is 4.59. The summed E-state index contributed by atoms with van der Waals surface area (Å²) in [4.78, 5) is 11.4. The van der Waals surface area contributed by atoms with E-state index in [1.165, 1.54) is 0 Å². The monoisotopic (exact) mass is 360 g/mol. The second kappa shape index (κ2) is 6.23. The zero-order chi connectivity index (χ0) is 15.6. The van der Waals surface area contributed by atoms with Crippen molar-refractivity contribution in [3.63, 3.8) is 0 Å². The zero-order valence-electron chi connectivity index (χ0n) is 10.9. The minimum absolute atomic E-state index is 0.0507. The molecule has 0 aliphatic rings. The minimum Gasteiger partial charge on any atom is -0.481 e. The number of halogens is 3. The van der Waals surface area contributed by atoms with Gasteiger partial charge in [-0.25, -0.2) is 14.6 Å². The number of nitrogens with one attached hydrogen (secondary N) is 1. The lowest BCUT2D eigenvalue weighted by Crippen LogP contribution is -2.30. The molecule has 0 radical (unpaired) electrons. The van der Waals surface area contributed by atoms with Crippen molar-refractivity contribution < 1.29 is 22.7 Å². The Bertz CT molecular complexity index is 665. The zero-order valence-corrected chi connectivity index (χ0v) is 12.5. The second-order valence-electron chi connectivity index (χ2n) is 4.19. The first kappa shape index (κ1) is 15.5. The average molecular weight is 361 g/mol. The molecule has 0 unspecified atom stereocenters. The topological polar surface area (TPSA) is 77.5 Å². The van der Waals surface area contributed by atoms with Crippen LogP contribution in [0.1, 0.15) is 21.9 Å². The van der Waals surface area contributed by atoms with Crippen LogP contribution in [0.15, 0.2) is 27.1 Å². The van der Waals surface area contributed by atoms with E-state index in [-0.39, 0.29) is 22.6 Å². The first-order valence-corrected chi connectivity index (χ1v) is 6.59. The van der Waals surface area contributed by atoms with Gasteiger partial charge in [-0.15, -0.1) is 0 Å². The van der Waals surface area contributed by atoms with Gasteiger partial charge < -0.3 is 9.15 Å². The molecule has 3 N–H and O–H groups in total. The maximum atomic E-state index is 13.6. The Morgan fingerprint density at radius 3 is 2.76 bits per heavy atom. The van der Waals surface area contributed by atoms with Crippen molar-refractivity contribution in [2.45, 2.75) is 13.5 Å². The Morgan fingerprint density at radius 2 is 2.14 bits per heavy atom. The normalized spacial score (nSPS) is 10.5. The highest BCUT2D eigenvalue weighted by Gasteiger charge is 2.16. The van der Waals surface area contributed by atoms with Crippen molar-refractivity contribution in [1.82, 2.24) is 5.43 Å². The van der Waals surface area contributed by atoms with Gasteiger partial charge in [0.25, 0.3) is 0 Å². The number of amides is 1. The van der Waals surface area contributed by atoms with E-state index in [4.69, 9.17) is 15.0 Å². The quantitative estimate of drug-likeness (QED) is 0.499. The van der Waals surface area contributed by atoms with E-state index in [0.717, 1.165) is 6.07 Å². The molecule has 1 heterocycles. The summed E-state index contributed by atoms with van der Waals surface area (Å²) in [6.45, 7) is 1.53. The minimum atomic E-state index is -0.843. The van der Waals surface area contributed by atoms with Crippen molar-refractivity contribution in [3.8, 4) is 5.75 Å². The summed E-state index contributed by atoms with van der Waals surface area (Å²) < 4.78 is 37.2. The van der Waals surface area contributed by atoms with Crippen LogP contribution in [-0.2, 0) is 6.61 Å². The molecule has 0 atom stereocenters. The Labute approximate surface area is 127 Å². The number of carbonyl (C=O) groups is 1. The van der Waals surface area contributed by atoms with Gasteiger partial charge in [0.1, 0.15) is 18.2 Å². The van der Waals surface area contributed by atoms with Crippen LogP contribution in [0.5, 0.6) is 5.75 Å². The molecular weight excluding hydrogens is 350 g/mol. The Hall–Kier alpha value is -1.93. The highest BCUT2D eigenvalue weighted by Crippen LogP contribution is 2.30. The predicted octanol–water partition coefficient (Wildman–Crippen LogP) is 2.81. The molecule has 5 nitrogen and oxygen atoms in total. The Balaban J connectivity index is 2.16. The number of furan rings is 1. The van der Waals surface area contributed by atoms with Crippen molar-refractivity contribution in [3.05, 3.63) is 51.4 Å². The number of aryl methyl sites for hydroxylation is 1. The van der Waals surface area contributed by atoms with Crippen molar-refractivity contribution in [2.75, 3.05) is 0 Å². The van der Waals surface area contributed by atoms with Gasteiger partial charge in [0.05, 0.1) is 4.47 Å². The molecular formula is C13H11BrF2N2O3. The summed E-state index contributed by atoms with van der Waals surface area (Å²) in [7, 11) is 0. The molecule has 0 aliphatic carbocycles. The largest absolute Gasteiger partial charge is 0.481 e. The number of carbonyl (C=O) groups excluding carboxylic acids is 1. The molecule has 8 heteroatoms. The average Bonchev–Trinajstić information content (AvgIpc) is 2.78. The second-order valence-corrected chi connectivity index (χ2v) is 5.04. The van der Waals surface area contributed by atoms with Crippen LogP contribution < -0.4 is 16.0 Å². The number of rotatable bonds is 4. The van der Waals surface area contributed by atoms with Gasteiger partial charge in [-0.3, -0.25) is 10.2 Å². The fraction of sp³-hybridized carbons (Fsp3) is 0.154. The standard InChI is InChI=1S/C13H11BrF2N2O3/c1-6-2-8(21-11(6)13(19)18-17)5-20-12-9(14)3-7(15)4-10(12)16/h2-4H,5,17H2,1H3,(H,18,19). The van der Waals surface area contributed by atoms with Gasteiger partial charge in [-0.05, 0) is 35.0 Å². The summed E-state index contributed by atoms with van der Waals surface area (Å²) in [5.41, 5.74) is 2.52. The lowest BCUT2D eigenvalue weighted by molar-refractivity contribution is 0.0920.